The molecule has 4 fully saturated rings. The smallest absolute Gasteiger partial charge is 0.322 e. The van der Waals surface area contributed by atoms with E-state index in [4.69, 9.17) is 10.5 Å². The second kappa shape index (κ2) is 6.99. The van der Waals surface area contributed by atoms with Crippen molar-refractivity contribution in [1.82, 2.24) is 0 Å². The molecule has 4 aliphatic rings. The normalized spacial score (nSPS) is 35.7. The maximum absolute atomic E-state index is 12.2. The molecule has 2 N–H and O–H groups in total. The van der Waals surface area contributed by atoms with Gasteiger partial charge in [-0.2, -0.15) is 0 Å². The van der Waals surface area contributed by atoms with Crippen molar-refractivity contribution in [1.29, 1.82) is 0 Å². The fraction of sp³-hybridized carbons (Fsp3) is 0.696. The van der Waals surface area contributed by atoms with Crippen molar-refractivity contribution >= 4 is 5.97 Å². The van der Waals surface area contributed by atoms with Crippen LogP contribution in [0, 0.1) is 29.1 Å². The van der Waals surface area contributed by atoms with E-state index in [1.807, 2.05) is 0 Å². The number of carbonyl (C=O) groups is 1. The molecule has 0 amide bonds. The zero-order valence-electron chi connectivity index (χ0n) is 16.2. The van der Waals surface area contributed by atoms with E-state index in [0.717, 1.165) is 24.2 Å². The van der Waals surface area contributed by atoms with Crippen LogP contribution in [0.2, 0.25) is 0 Å². The van der Waals surface area contributed by atoms with E-state index in [9.17, 15) is 4.79 Å². The molecule has 1 aromatic carbocycles. The number of carbonyl (C=O) groups excluding carboxylic acids is 1. The van der Waals surface area contributed by atoms with Crippen molar-refractivity contribution in [2.45, 2.75) is 70.9 Å². The van der Waals surface area contributed by atoms with Crippen molar-refractivity contribution < 1.29 is 9.53 Å². The summed E-state index contributed by atoms with van der Waals surface area (Å²) < 4.78 is 5.87. The van der Waals surface area contributed by atoms with Gasteiger partial charge in [0.15, 0.2) is 0 Å². The molecule has 142 valence electrons. The third kappa shape index (κ3) is 3.43. The lowest BCUT2D eigenvalue weighted by atomic mass is 9.45. The van der Waals surface area contributed by atoms with E-state index >= 15 is 0 Å². The molecule has 4 bridgehead atoms. The molecule has 0 spiro atoms. The highest BCUT2D eigenvalue weighted by Crippen LogP contribution is 2.63. The van der Waals surface area contributed by atoms with Crippen molar-refractivity contribution in [2.75, 3.05) is 0 Å². The van der Waals surface area contributed by atoms with Gasteiger partial charge in [0, 0.05) is 5.92 Å². The molecule has 4 saturated carbocycles. The predicted molar refractivity (Wildman–Crippen MR) is 103 cm³/mol. The van der Waals surface area contributed by atoms with Crippen LogP contribution in [0.5, 0.6) is 0 Å². The molecule has 0 unspecified atom stereocenters. The van der Waals surface area contributed by atoms with Crippen LogP contribution in [-0.2, 0) is 16.0 Å². The summed E-state index contributed by atoms with van der Waals surface area (Å²) in [5.74, 6) is 2.82. The molecule has 0 radical (unpaired) electrons. The Morgan fingerprint density at radius 1 is 1.08 bits per heavy atom. The minimum Gasteiger partial charge on any atom is -0.461 e. The highest BCUT2D eigenvalue weighted by molar-refractivity contribution is 5.75. The summed E-state index contributed by atoms with van der Waals surface area (Å²) in [5, 5.41) is 0. The highest BCUT2D eigenvalue weighted by atomic mass is 16.5. The maximum atomic E-state index is 12.2. The molecule has 5 rings (SSSR count). The summed E-state index contributed by atoms with van der Waals surface area (Å²) in [6.07, 6.45) is 9.22. The van der Waals surface area contributed by atoms with Crippen molar-refractivity contribution in [3.63, 3.8) is 0 Å². The quantitative estimate of drug-likeness (QED) is 0.772. The zero-order chi connectivity index (χ0) is 18.3. The van der Waals surface area contributed by atoms with Gasteiger partial charge in [0.05, 0.1) is 0 Å². The summed E-state index contributed by atoms with van der Waals surface area (Å²) in [4.78, 5) is 12.2. The minimum atomic E-state index is -0.550. The maximum Gasteiger partial charge on any atom is 0.322 e. The fourth-order valence-electron chi connectivity index (χ4n) is 6.75. The standard InChI is InChI=1S/C23H33NO2/c1-15(24)22(25)26-16(2)21(11-17-6-4-3-5-7-17)23-12-18-8-19(13-23)10-20(9-18)14-23/h3-7,15-16,18-21H,8-14,24H2,1-2H3/t15-,16-,18?,19?,20?,21-,23?/m0/s1. The molecule has 3 nitrogen and oxygen atoms in total. The Hall–Kier alpha value is -1.35. The SMILES string of the molecule is C[C@H](N)C(=O)O[C@@H](C)[C@H](Cc1ccccc1)C12CC3CC(CC(C3)C1)C2. The first-order valence-electron chi connectivity index (χ1n) is 10.5. The Labute approximate surface area is 157 Å². The molecule has 0 saturated heterocycles. The summed E-state index contributed by atoms with van der Waals surface area (Å²) in [6, 6.07) is 10.2. The van der Waals surface area contributed by atoms with Crippen LogP contribution in [0.3, 0.4) is 0 Å². The fourth-order valence-corrected chi connectivity index (χ4v) is 6.75. The first kappa shape index (κ1) is 18.0. The number of nitrogens with two attached hydrogens (primary N) is 1. The molecule has 3 heteroatoms. The number of hydrogen-bond donors (Lipinski definition) is 1. The third-order valence-corrected chi connectivity index (χ3v) is 7.41. The second-order valence-corrected chi connectivity index (χ2v) is 9.51. The molecule has 0 aromatic heterocycles. The Morgan fingerprint density at radius 3 is 2.12 bits per heavy atom. The molecule has 26 heavy (non-hydrogen) atoms. The average Bonchev–Trinajstić information content (AvgIpc) is 2.59. The van der Waals surface area contributed by atoms with Gasteiger partial charge >= 0.3 is 5.97 Å². The number of hydrogen-bond acceptors (Lipinski definition) is 3. The number of esters is 1. The van der Waals surface area contributed by atoms with E-state index in [1.54, 1.807) is 6.92 Å². The third-order valence-electron chi connectivity index (χ3n) is 7.41. The lowest BCUT2D eigenvalue weighted by Crippen LogP contribution is -2.53. The van der Waals surface area contributed by atoms with Crippen LogP contribution in [0.25, 0.3) is 0 Å². The number of ether oxygens (including phenoxy) is 1. The zero-order valence-corrected chi connectivity index (χ0v) is 16.2. The molecular formula is C23H33NO2. The van der Waals surface area contributed by atoms with Crippen LogP contribution in [-0.4, -0.2) is 18.1 Å². The number of rotatable bonds is 6. The van der Waals surface area contributed by atoms with Gasteiger partial charge in [-0.3, -0.25) is 4.79 Å². The summed E-state index contributed by atoms with van der Waals surface area (Å²) in [7, 11) is 0. The summed E-state index contributed by atoms with van der Waals surface area (Å²) in [6.45, 7) is 3.82. The van der Waals surface area contributed by atoms with Crippen molar-refractivity contribution in [2.24, 2.45) is 34.8 Å². The lowest BCUT2D eigenvalue weighted by Gasteiger charge is -2.60. The minimum absolute atomic E-state index is 0.0787. The molecule has 1 aromatic rings. The van der Waals surface area contributed by atoms with Gasteiger partial charge in [-0.1, -0.05) is 30.3 Å². The summed E-state index contributed by atoms with van der Waals surface area (Å²) in [5.41, 5.74) is 7.48. The van der Waals surface area contributed by atoms with Crippen LogP contribution >= 0.6 is 0 Å². The number of benzene rings is 1. The largest absolute Gasteiger partial charge is 0.461 e. The molecule has 3 atom stereocenters. The van der Waals surface area contributed by atoms with E-state index in [-0.39, 0.29) is 12.1 Å². The monoisotopic (exact) mass is 355 g/mol. The van der Waals surface area contributed by atoms with Crippen molar-refractivity contribution in [3.05, 3.63) is 35.9 Å². The van der Waals surface area contributed by atoms with E-state index in [2.05, 4.69) is 37.3 Å². The van der Waals surface area contributed by atoms with Gasteiger partial charge < -0.3 is 10.5 Å². The van der Waals surface area contributed by atoms with Gasteiger partial charge in [0.1, 0.15) is 12.1 Å². The van der Waals surface area contributed by atoms with E-state index in [1.165, 1.54) is 44.1 Å². The Kier molecular flexibility index (Phi) is 4.85. The van der Waals surface area contributed by atoms with E-state index < -0.39 is 6.04 Å². The summed E-state index contributed by atoms with van der Waals surface area (Å²) >= 11 is 0. The molecule has 0 heterocycles. The van der Waals surface area contributed by atoms with Gasteiger partial charge in [-0.25, -0.2) is 0 Å². The Morgan fingerprint density at radius 2 is 1.62 bits per heavy atom. The topological polar surface area (TPSA) is 52.3 Å². The average molecular weight is 356 g/mol. The van der Waals surface area contributed by atoms with Crippen LogP contribution in [0.1, 0.15) is 57.9 Å². The van der Waals surface area contributed by atoms with Crippen LogP contribution in [0.4, 0.5) is 0 Å². The first-order valence-corrected chi connectivity index (χ1v) is 10.5. The van der Waals surface area contributed by atoms with Crippen LogP contribution < -0.4 is 5.73 Å². The van der Waals surface area contributed by atoms with Gasteiger partial charge in [-0.05, 0) is 87.5 Å². The predicted octanol–water partition coefficient (Wildman–Crippen LogP) is 4.34. The highest BCUT2D eigenvalue weighted by Gasteiger charge is 2.55. The van der Waals surface area contributed by atoms with Crippen LogP contribution in [0.15, 0.2) is 30.3 Å². The van der Waals surface area contributed by atoms with Crippen molar-refractivity contribution in [3.8, 4) is 0 Å². The van der Waals surface area contributed by atoms with Gasteiger partial charge in [0.25, 0.3) is 0 Å². The van der Waals surface area contributed by atoms with Gasteiger partial charge in [0.2, 0.25) is 0 Å². The molecular weight excluding hydrogens is 322 g/mol. The molecule has 0 aliphatic heterocycles. The van der Waals surface area contributed by atoms with E-state index in [0.29, 0.717) is 11.3 Å². The second-order valence-electron chi connectivity index (χ2n) is 9.51. The first-order chi connectivity index (χ1) is 12.4. The molecule has 4 aliphatic carbocycles. The van der Waals surface area contributed by atoms with Gasteiger partial charge in [-0.15, -0.1) is 0 Å². The lowest BCUT2D eigenvalue weighted by molar-refractivity contribution is -0.163. The Balaban J connectivity index is 1.61. The Bertz CT molecular complexity index is 604.